The average Bonchev–Trinajstić information content (AvgIpc) is 3.49. The lowest BCUT2D eigenvalue weighted by atomic mass is 9.64. The van der Waals surface area contributed by atoms with Gasteiger partial charge in [0.15, 0.2) is 5.82 Å². The molecule has 6 rings (SSSR count). The van der Waals surface area contributed by atoms with Crippen LogP contribution in [0, 0.1) is 0 Å². The minimum atomic E-state index is -0.279. The van der Waals surface area contributed by atoms with E-state index in [0.717, 1.165) is 36.0 Å². The lowest BCUT2D eigenvalue weighted by Gasteiger charge is -2.39. The van der Waals surface area contributed by atoms with Gasteiger partial charge in [-0.1, -0.05) is 35.8 Å². The minimum Gasteiger partial charge on any atom is -0.378 e. The van der Waals surface area contributed by atoms with Crippen molar-refractivity contribution in [3.05, 3.63) is 60.4 Å². The lowest BCUT2D eigenvalue weighted by Crippen LogP contribution is -2.55. The third-order valence-corrected chi connectivity index (χ3v) is 7.22. The molecular formula is C25H26N8O3. The summed E-state index contributed by atoms with van der Waals surface area (Å²) in [6, 6.07) is 8.32. The quantitative estimate of drug-likeness (QED) is 0.417. The number of anilines is 1. The molecule has 1 aromatic carbocycles. The molecule has 36 heavy (non-hydrogen) atoms. The number of ether oxygens (including phenoxy) is 1. The SMILES string of the molecule is COC1CN(C(=O)Cn2cc(-c3nc(C4(c5ccc(-c6cnc(N)nc6)cc5)CCC4)no3)cn2)C1. The summed E-state index contributed by atoms with van der Waals surface area (Å²) >= 11 is 0. The monoisotopic (exact) mass is 486 g/mol. The van der Waals surface area contributed by atoms with E-state index in [1.807, 2.05) is 0 Å². The third-order valence-electron chi connectivity index (χ3n) is 7.22. The number of likely N-dealkylation sites (tertiary alicyclic amines) is 1. The van der Waals surface area contributed by atoms with Crippen LogP contribution in [0.15, 0.2) is 53.6 Å². The van der Waals surface area contributed by atoms with Gasteiger partial charge in [-0.15, -0.1) is 0 Å². The van der Waals surface area contributed by atoms with Crippen LogP contribution in [-0.4, -0.2) is 67.0 Å². The third kappa shape index (κ3) is 3.91. The average molecular weight is 487 g/mol. The molecule has 0 radical (unpaired) electrons. The van der Waals surface area contributed by atoms with Crippen LogP contribution in [0.5, 0.6) is 0 Å². The van der Waals surface area contributed by atoms with Crippen molar-refractivity contribution >= 4 is 11.9 Å². The first-order valence-electron chi connectivity index (χ1n) is 11.9. The number of methoxy groups -OCH3 is 1. The maximum absolute atomic E-state index is 12.4. The fraction of sp³-hybridized carbons (Fsp3) is 0.360. The van der Waals surface area contributed by atoms with E-state index in [0.29, 0.717) is 30.4 Å². The van der Waals surface area contributed by atoms with Gasteiger partial charge in [0.05, 0.1) is 23.3 Å². The number of nitrogen functional groups attached to an aromatic ring is 1. The van der Waals surface area contributed by atoms with E-state index in [9.17, 15) is 4.79 Å². The summed E-state index contributed by atoms with van der Waals surface area (Å²) in [6.45, 7) is 1.40. The molecule has 1 amide bonds. The van der Waals surface area contributed by atoms with E-state index in [2.05, 4.69) is 44.5 Å². The molecule has 3 aromatic heterocycles. The first kappa shape index (κ1) is 22.4. The maximum Gasteiger partial charge on any atom is 0.261 e. The number of benzene rings is 1. The summed E-state index contributed by atoms with van der Waals surface area (Å²) in [7, 11) is 1.66. The molecule has 0 unspecified atom stereocenters. The number of carbonyl (C=O) groups excluding carboxylic acids is 1. The highest BCUT2D eigenvalue weighted by Crippen LogP contribution is 2.48. The first-order valence-corrected chi connectivity index (χ1v) is 11.9. The zero-order chi connectivity index (χ0) is 24.7. The molecule has 1 saturated heterocycles. The molecule has 1 saturated carbocycles. The largest absolute Gasteiger partial charge is 0.378 e. The number of nitrogens with two attached hydrogens (primary N) is 1. The zero-order valence-corrected chi connectivity index (χ0v) is 19.9. The molecule has 4 heterocycles. The molecule has 1 aliphatic carbocycles. The highest BCUT2D eigenvalue weighted by molar-refractivity contribution is 5.77. The summed E-state index contributed by atoms with van der Waals surface area (Å²) in [6.07, 6.45) is 9.96. The summed E-state index contributed by atoms with van der Waals surface area (Å²) in [5.74, 6) is 1.33. The number of rotatable bonds is 7. The first-order chi connectivity index (χ1) is 17.5. The highest BCUT2D eigenvalue weighted by atomic mass is 16.5. The predicted molar refractivity (Wildman–Crippen MR) is 129 cm³/mol. The van der Waals surface area contributed by atoms with Crippen molar-refractivity contribution in [2.45, 2.75) is 37.3 Å². The molecule has 0 atom stereocenters. The Labute approximate surface area is 207 Å². The number of aromatic nitrogens is 6. The molecule has 2 N–H and O–H groups in total. The van der Waals surface area contributed by atoms with Gasteiger partial charge in [0.25, 0.3) is 5.89 Å². The van der Waals surface area contributed by atoms with Crippen LogP contribution in [0.2, 0.25) is 0 Å². The standard InChI is InChI=1S/C25H26N8O3/c1-35-20-13-32(14-20)21(34)15-33-12-18(11-29-33)22-30-23(31-36-22)25(7-2-8-25)19-5-3-16(4-6-19)17-9-27-24(26)28-10-17/h3-6,9-12,20H,2,7-8,13-15H2,1H3,(H2,26,27,28). The number of amides is 1. The van der Waals surface area contributed by atoms with Crippen LogP contribution >= 0.6 is 0 Å². The fourth-order valence-corrected chi connectivity index (χ4v) is 4.77. The Morgan fingerprint density at radius 3 is 2.53 bits per heavy atom. The van der Waals surface area contributed by atoms with Crippen molar-refractivity contribution in [2.24, 2.45) is 0 Å². The van der Waals surface area contributed by atoms with Gasteiger partial charge in [-0.2, -0.15) is 10.1 Å². The molecular weight excluding hydrogens is 460 g/mol. The summed E-state index contributed by atoms with van der Waals surface area (Å²) in [5, 5.41) is 8.66. The molecule has 11 nitrogen and oxygen atoms in total. The molecule has 11 heteroatoms. The number of hydrogen-bond acceptors (Lipinski definition) is 9. The van der Waals surface area contributed by atoms with Crippen molar-refractivity contribution in [3.63, 3.8) is 0 Å². The summed E-state index contributed by atoms with van der Waals surface area (Å²) in [5.41, 5.74) is 9.07. The second-order valence-electron chi connectivity index (χ2n) is 9.35. The second-order valence-corrected chi connectivity index (χ2v) is 9.35. The van der Waals surface area contributed by atoms with E-state index in [1.54, 1.807) is 41.5 Å². The van der Waals surface area contributed by atoms with E-state index in [1.165, 1.54) is 0 Å². The molecule has 0 bridgehead atoms. The zero-order valence-electron chi connectivity index (χ0n) is 19.9. The van der Waals surface area contributed by atoms with Gasteiger partial charge in [0, 0.05) is 44.4 Å². The van der Waals surface area contributed by atoms with E-state index in [4.69, 9.17) is 20.0 Å². The molecule has 4 aromatic rings. The van der Waals surface area contributed by atoms with Gasteiger partial charge in [-0.25, -0.2) is 9.97 Å². The van der Waals surface area contributed by atoms with Crippen LogP contribution in [0.25, 0.3) is 22.6 Å². The molecule has 2 fully saturated rings. The van der Waals surface area contributed by atoms with E-state index >= 15 is 0 Å². The maximum atomic E-state index is 12.4. The fourth-order valence-electron chi connectivity index (χ4n) is 4.77. The molecule has 0 spiro atoms. The van der Waals surface area contributed by atoms with Crippen molar-refractivity contribution in [1.82, 2.24) is 34.8 Å². The second kappa shape index (κ2) is 8.83. The Bertz CT molecular complexity index is 1370. The normalized spacial score (nSPS) is 17.0. The van der Waals surface area contributed by atoms with E-state index < -0.39 is 0 Å². The van der Waals surface area contributed by atoms with Gasteiger partial charge < -0.3 is 19.9 Å². The number of nitrogens with zero attached hydrogens (tertiary/aromatic N) is 7. The molecule has 1 aliphatic heterocycles. The van der Waals surface area contributed by atoms with Crippen LogP contribution in [0.3, 0.4) is 0 Å². The summed E-state index contributed by atoms with van der Waals surface area (Å²) < 4.78 is 12.5. The number of carbonyl (C=O) groups is 1. The molecule has 2 aliphatic rings. The van der Waals surface area contributed by atoms with Gasteiger partial charge in [-0.3, -0.25) is 9.48 Å². The topological polar surface area (TPSA) is 138 Å². The van der Waals surface area contributed by atoms with Gasteiger partial charge in [0.1, 0.15) is 6.54 Å². The number of hydrogen-bond donors (Lipinski definition) is 1. The van der Waals surface area contributed by atoms with Crippen LogP contribution in [0.1, 0.15) is 30.7 Å². The minimum absolute atomic E-state index is 0.00608. The lowest BCUT2D eigenvalue weighted by molar-refractivity contribution is -0.143. The Kier molecular flexibility index (Phi) is 5.48. The Morgan fingerprint density at radius 2 is 1.86 bits per heavy atom. The smallest absolute Gasteiger partial charge is 0.261 e. The summed E-state index contributed by atoms with van der Waals surface area (Å²) in [4.78, 5) is 27.1. The van der Waals surface area contributed by atoms with Gasteiger partial charge in [0.2, 0.25) is 11.9 Å². The molecule has 184 valence electrons. The Hall–Kier alpha value is -4.12. The Morgan fingerprint density at radius 1 is 1.11 bits per heavy atom. The van der Waals surface area contributed by atoms with Crippen molar-refractivity contribution < 1.29 is 14.1 Å². The van der Waals surface area contributed by atoms with E-state index in [-0.39, 0.29) is 29.9 Å². The van der Waals surface area contributed by atoms with Crippen LogP contribution in [-0.2, 0) is 21.5 Å². The van der Waals surface area contributed by atoms with Gasteiger partial charge >= 0.3 is 0 Å². The van der Waals surface area contributed by atoms with Crippen molar-refractivity contribution in [2.75, 3.05) is 25.9 Å². The van der Waals surface area contributed by atoms with Gasteiger partial charge in [-0.05, 0) is 24.0 Å². The van der Waals surface area contributed by atoms with Crippen LogP contribution < -0.4 is 5.73 Å². The predicted octanol–water partition coefficient (Wildman–Crippen LogP) is 2.30. The Balaban J connectivity index is 1.18. The van der Waals surface area contributed by atoms with Crippen molar-refractivity contribution in [3.8, 4) is 22.6 Å². The highest BCUT2D eigenvalue weighted by Gasteiger charge is 2.44. The van der Waals surface area contributed by atoms with Crippen LogP contribution in [0.4, 0.5) is 5.95 Å². The van der Waals surface area contributed by atoms with Crippen molar-refractivity contribution in [1.29, 1.82) is 0 Å².